The summed E-state index contributed by atoms with van der Waals surface area (Å²) >= 11 is 6.14. The summed E-state index contributed by atoms with van der Waals surface area (Å²) in [6, 6.07) is 3.73. The van der Waals surface area contributed by atoms with E-state index in [1.807, 2.05) is 0 Å². The minimum Gasteiger partial charge on any atom is -0.236 e. The van der Waals surface area contributed by atoms with Gasteiger partial charge in [0, 0.05) is 12.3 Å². The Labute approximate surface area is 107 Å². The standard InChI is InChI=1S/C10H4Br2F2N2/c11-6-3-5(7(13)4-8(6)14)10-15-2-1-9(12)16-10/h1-4H. The van der Waals surface area contributed by atoms with Gasteiger partial charge in [-0.3, -0.25) is 0 Å². The Morgan fingerprint density at radius 2 is 1.81 bits per heavy atom. The summed E-state index contributed by atoms with van der Waals surface area (Å²) in [7, 11) is 0. The lowest BCUT2D eigenvalue weighted by molar-refractivity contribution is 0.580. The van der Waals surface area contributed by atoms with Crippen molar-refractivity contribution in [1.29, 1.82) is 0 Å². The Morgan fingerprint density at radius 1 is 1.06 bits per heavy atom. The van der Waals surface area contributed by atoms with E-state index in [-0.39, 0.29) is 15.9 Å². The van der Waals surface area contributed by atoms with Crippen molar-refractivity contribution >= 4 is 31.9 Å². The maximum absolute atomic E-state index is 13.5. The highest BCUT2D eigenvalue weighted by molar-refractivity contribution is 9.10. The van der Waals surface area contributed by atoms with E-state index in [0.29, 0.717) is 4.60 Å². The van der Waals surface area contributed by atoms with Gasteiger partial charge in [0.25, 0.3) is 0 Å². The Balaban J connectivity index is 2.60. The van der Waals surface area contributed by atoms with Gasteiger partial charge in [-0.1, -0.05) is 0 Å². The smallest absolute Gasteiger partial charge is 0.163 e. The third-order valence-corrected chi connectivity index (χ3v) is 2.92. The van der Waals surface area contributed by atoms with Gasteiger partial charge in [0.05, 0.1) is 10.0 Å². The highest BCUT2D eigenvalue weighted by atomic mass is 79.9. The zero-order valence-corrected chi connectivity index (χ0v) is 10.9. The fourth-order valence-electron chi connectivity index (χ4n) is 1.16. The molecule has 0 unspecified atom stereocenters. The van der Waals surface area contributed by atoms with Crippen LogP contribution in [0.5, 0.6) is 0 Å². The highest BCUT2D eigenvalue weighted by Crippen LogP contribution is 2.26. The molecule has 0 radical (unpaired) electrons. The molecule has 82 valence electrons. The predicted molar refractivity (Wildman–Crippen MR) is 62.8 cm³/mol. The molecule has 16 heavy (non-hydrogen) atoms. The number of nitrogens with zero attached hydrogens (tertiary/aromatic N) is 2. The number of halogens is 4. The average Bonchev–Trinajstić information content (AvgIpc) is 2.23. The van der Waals surface area contributed by atoms with Crippen molar-refractivity contribution in [1.82, 2.24) is 9.97 Å². The van der Waals surface area contributed by atoms with Crippen LogP contribution in [0.25, 0.3) is 11.4 Å². The summed E-state index contributed by atoms with van der Waals surface area (Å²) in [6.45, 7) is 0. The van der Waals surface area contributed by atoms with Crippen molar-refractivity contribution in [2.75, 3.05) is 0 Å². The van der Waals surface area contributed by atoms with Crippen LogP contribution in [0, 0.1) is 11.6 Å². The Morgan fingerprint density at radius 3 is 2.50 bits per heavy atom. The average molecular weight is 350 g/mol. The fraction of sp³-hybridized carbons (Fsp3) is 0. The quantitative estimate of drug-likeness (QED) is 0.575. The van der Waals surface area contributed by atoms with Crippen LogP contribution in [0.3, 0.4) is 0 Å². The van der Waals surface area contributed by atoms with Crippen LogP contribution in [0.1, 0.15) is 0 Å². The second-order valence-corrected chi connectivity index (χ2v) is 4.62. The SMILES string of the molecule is Fc1cc(F)c(-c2nccc(Br)n2)cc1Br. The molecule has 0 N–H and O–H groups in total. The van der Waals surface area contributed by atoms with Crippen LogP contribution < -0.4 is 0 Å². The topological polar surface area (TPSA) is 25.8 Å². The van der Waals surface area contributed by atoms with Gasteiger partial charge in [0.2, 0.25) is 0 Å². The molecule has 0 amide bonds. The van der Waals surface area contributed by atoms with Crippen molar-refractivity contribution < 1.29 is 8.78 Å². The van der Waals surface area contributed by atoms with Gasteiger partial charge in [-0.25, -0.2) is 18.7 Å². The number of benzene rings is 1. The van der Waals surface area contributed by atoms with Crippen LogP contribution in [-0.4, -0.2) is 9.97 Å². The van der Waals surface area contributed by atoms with Crippen LogP contribution in [-0.2, 0) is 0 Å². The first kappa shape index (κ1) is 11.6. The molecule has 0 aliphatic rings. The van der Waals surface area contributed by atoms with Crippen LogP contribution in [0.4, 0.5) is 8.78 Å². The summed E-state index contributed by atoms with van der Waals surface area (Å²) in [4.78, 5) is 7.91. The molecule has 0 saturated heterocycles. The minimum absolute atomic E-state index is 0.148. The van der Waals surface area contributed by atoms with E-state index >= 15 is 0 Å². The van der Waals surface area contributed by atoms with Crippen LogP contribution >= 0.6 is 31.9 Å². The van der Waals surface area contributed by atoms with Gasteiger partial charge in [-0.15, -0.1) is 0 Å². The maximum Gasteiger partial charge on any atom is 0.163 e. The molecule has 1 heterocycles. The summed E-state index contributed by atoms with van der Waals surface area (Å²) in [5.41, 5.74) is 0.148. The first-order valence-corrected chi connectivity index (χ1v) is 5.80. The zero-order valence-electron chi connectivity index (χ0n) is 7.72. The molecule has 0 aliphatic carbocycles. The molecule has 2 nitrogen and oxygen atoms in total. The van der Waals surface area contributed by atoms with Crippen molar-refractivity contribution in [3.8, 4) is 11.4 Å². The number of hydrogen-bond acceptors (Lipinski definition) is 2. The maximum atomic E-state index is 13.5. The monoisotopic (exact) mass is 348 g/mol. The van der Waals surface area contributed by atoms with E-state index in [1.165, 1.54) is 12.3 Å². The molecule has 0 saturated carbocycles. The van der Waals surface area contributed by atoms with Crippen molar-refractivity contribution in [3.05, 3.63) is 45.1 Å². The van der Waals surface area contributed by atoms with E-state index in [0.717, 1.165) is 6.07 Å². The van der Waals surface area contributed by atoms with Gasteiger partial charge in [-0.2, -0.15) is 0 Å². The Hall–Kier alpha value is -0.880. The molecule has 0 aliphatic heterocycles. The third kappa shape index (κ3) is 2.27. The van der Waals surface area contributed by atoms with Gasteiger partial charge in [0.15, 0.2) is 5.82 Å². The molecule has 0 spiro atoms. The predicted octanol–water partition coefficient (Wildman–Crippen LogP) is 3.95. The van der Waals surface area contributed by atoms with Gasteiger partial charge in [-0.05, 0) is 44.0 Å². The number of aromatic nitrogens is 2. The lowest BCUT2D eigenvalue weighted by Crippen LogP contribution is -1.93. The molecule has 2 aromatic rings. The largest absolute Gasteiger partial charge is 0.236 e. The molecule has 0 fully saturated rings. The normalized spacial score (nSPS) is 10.5. The van der Waals surface area contributed by atoms with E-state index in [4.69, 9.17) is 0 Å². The molecule has 1 aromatic heterocycles. The van der Waals surface area contributed by atoms with Crippen molar-refractivity contribution in [2.45, 2.75) is 0 Å². The van der Waals surface area contributed by atoms with Gasteiger partial charge < -0.3 is 0 Å². The minimum atomic E-state index is -0.696. The lowest BCUT2D eigenvalue weighted by Gasteiger charge is -2.03. The second kappa shape index (κ2) is 4.55. The molecular formula is C10H4Br2F2N2. The van der Waals surface area contributed by atoms with Gasteiger partial charge in [0.1, 0.15) is 16.2 Å². The van der Waals surface area contributed by atoms with E-state index < -0.39 is 11.6 Å². The van der Waals surface area contributed by atoms with Crippen LogP contribution in [0.15, 0.2) is 33.5 Å². The van der Waals surface area contributed by atoms with E-state index in [9.17, 15) is 8.78 Å². The summed E-state index contributed by atoms with van der Waals surface area (Å²) in [6.07, 6.45) is 1.49. The zero-order chi connectivity index (χ0) is 11.7. The van der Waals surface area contributed by atoms with E-state index in [2.05, 4.69) is 41.8 Å². The van der Waals surface area contributed by atoms with Crippen molar-refractivity contribution in [3.63, 3.8) is 0 Å². The molecule has 0 bridgehead atoms. The first-order valence-electron chi connectivity index (χ1n) is 4.21. The summed E-state index contributed by atoms with van der Waals surface area (Å²) < 4.78 is 27.2. The molecule has 6 heteroatoms. The Bertz CT molecular complexity index is 546. The summed E-state index contributed by atoms with van der Waals surface area (Å²) in [5, 5.41) is 0. The summed E-state index contributed by atoms with van der Waals surface area (Å²) in [5.74, 6) is -1.15. The second-order valence-electron chi connectivity index (χ2n) is 2.95. The number of hydrogen-bond donors (Lipinski definition) is 0. The van der Waals surface area contributed by atoms with E-state index in [1.54, 1.807) is 6.07 Å². The fourth-order valence-corrected chi connectivity index (χ4v) is 1.79. The molecule has 1 aromatic carbocycles. The molecule has 2 rings (SSSR count). The first-order chi connectivity index (χ1) is 7.58. The lowest BCUT2D eigenvalue weighted by atomic mass is 10.2. The Kier molecular flexibility index (Phi) is 3.30. The highest BCUT2D eigenvalue weighted by Gasteiger charge is 2.12. The van der Waals surface area contributed by atoms with Crippen molar-refractivity contribution in [2.24, 2.45) is 0 Å². The van der Waals surface area contributed by atoms with Gasteiger partial charge >= 0.3 is 0 Å². The third-order valence-electron chi connectivity index (χ3n) is 1.87. The number of rotatable bonds is 1. The van der Waals surface area contributed by atoms with Crippen LogP contribution in [0.2, 0.25) is 0 Å². The molecular weight excluding hydrogens is 346 g/mol. The molecule has 0 atom stereocenters.